The lowest BCUT2D eigenvalue weighted by molar-refractivity contribution is -0.181. The quantitative estimate of drug-likeness (QED) is 0.524. The Morgan fingerprint density at radius 1 is 1.30 bits per heavy atom. The minimum Gasteiger partial charge on any atom is -0.415 e. The lowest BCUT2D eigenvalue weighted by atomic mass is 9.96. The first-order chi connectivity index (χ1) is 12.5. The van der Waals surface area contributed by atoms with Crippen LogP contribution in [0.15, 0.2) is 30.3 Å². The summed E-state index contributed by atoms with van der Waals surface area (Å²) in [7, 11) is -1.93. The summed E-state index contributed by atoms with van der Waals surface area (Å²) < 4.78 is 12.2. The first-order valence-corrected chi connectivity index (χ1v) is 12.5. The van der Waals surface area contributed by atoms with E-state index in [0.29, 0.717) is 19.8 Å². The molecule has 1 fully saturated rings. The van der Waals surface area contributed by atoms with E-state index < -0.39 is 13.9 Å². The second-order valence-corrected chi connectivity index (χ2v) is 13.9. The Balaban J connectivity index is 2.21. The average Bonchev–Trinajstić information content (AvgIpc) is 2.59. The van der Waals surface area contributed by atoms with Crippen LogP contribution in [0, 0.1) is 0 Å². The van der Waals surface area contributed by atoms with Crippen LogP contribution in [0.4, 0.5) is 0 Å². The van der Waals surface area contributed by atoms with Crippen molar-refractivity contribution < 1.29 is 18.8 Å². The molecule has 5 nitrogen and oxygen atoms in total. The maximum absolute atomic E-state index is 13.2. The highest BCUT2D eigenvalue weighted by atomic mass is 28.4. The van der Waals surface area contributed by atoms with E-state index in [1.807, 2.05) is 35.2 Å². The number of benzene rings is 1. The van der Waals surface area contributed by atoms with Gasteiger partial charge in [-0.15, -0.1) is 0 Å². The molecule has 0 radical (unpaired) electrons. The maximum Gasteiger partial charge on any atom is 0.255 e. The lowest BCUT2D eigenvalue weighted by Crippen LogP contribution is -2.61. The zero-order valence-corrected chi connectivity index (χ0v) is 18.5. The van der Waals surface area contributed by atoms with Gasteiger partial charge >= 0.3 is 0 Å². The number of ether oxygens (including phenoxy) is 1. The van der Waals surface area contributed by atoms with Gasteiger partial charge in [0.2, 0.25) is 0 Å². The van der Waals surface area contributed by atoms with Gasteiger partial charge in [-0.3, -0.25) is 4.79 Å². The van der Waals surface area contributed by atoms with E-state index in [1.165, 1.54) is 0 Å². The molecule has 1 heterocycles. The fourth-order valence-electron chi connectivity index (χ4n) is 2.85. The Bertz CT molecular complexity index is 656. The molecule has 1 amide bonds. The van der Waals surface area contributed by atoms with E-state index in [-0.39, 0.29) is 23.4 Å². The van der Waals surface area contributed by atoms with Crippen molar-refractivity contribution in [2.75, 3.05) is 13.2 Å². The second-order valence-electron chi connectivity index (χ2n) is 9.06. The number of carbonyl (C=O) groups excluding carboxylic acids is 2. The summed E-state index contributed by atoms with van der Waals surface area (Å²) in [4.78, 5) is 26.1. The standard InChI is InChI=1S/C21H33NO4Si/c1-20(2,3)27(5,6)26-16-18-15-25-21(4,12-13-23)19(24)22(18)14-17-10-8-7-9-11-17/h7-11,13,18H,12,14-16H2,1-6H3. The van der Waals surface area contributed by atoms with Crippen LogP contribution in [0.5, 0.6) is 0 Å². The SMILES string of the molecule is CC1(CC=O)OCC(CO[Si](C)(C)C(C)(C)C)N(Cc2ccccc2)C1=O. The van der Waals surface area contributed by atoms with Gasteiger partial charge in [-0.25, -0.2) is 0 Å². The van der Waals surface area contributed by atoms with Crippen molar-refractivity contribution in [3.63, 3.8) is 0 Å². The summed E-state index contributed by atoms with van der Waals surface area (Å²) in [5, 5.41) is 0.100. The predicted octanol–water partition coefficient (Wildman–Crippen LogP) is 3.78. The molecule has 6 heteroatoms. The lowest BCUT2D eigenvalue weighted by Gasteiger charge is -2.45. The summed E-state index contributed by atoms with van der Waals surface area (Å²) in [6.45, 7) is 14.0. The van der Waals surface area contributed by atoms with Gasteiger partial charge in [0.15, 0.2) is 13.9 Å². The minimum absolute atomic E-state index is 0.0624. The third-order valence-corrected chi connectivity index (χ3v) is 10.4. The maximum atomic E-state index is 13.2. The molecule has 150 valence electrons. The van der Waals surface area contributed by atoms with Gasteiger partial charge in [-0.2, -0.15) is 0 Å². The molecule has 1 aliphatic heterocycles. The van der Waals surface area contributed by atoms with E-state index in [1.54, 1.807) is 6.92 Å². The van der Waals surface area contributed by atoms with Crippen molar-refractivity contribution in [2.24, 2.45) is 0 Å². The molecule has 0 aromatic heterocycles. The Labute approximate surface area is 164 Å². The van der Waals surface area contributed by atoms with Crippen LogP contribution >= 0.6 is 0 Å². The van der Waals surface area contributed by atoms with Crippen LogP contribution in [0.25, 0.3) is 0 Å². The normalized spacial score (nSPS) is 24.1. The van der Waals surface area contributed by atoms with E-state index in [0.717, 1.165) is 11.8 Å². The van der Waals surface area contributed by atoms with Crippen molar-refractivity contribution in [1.29, 1.82) is 0 Å². The van der Waals surface area contributed by atoms with Gasteiger partial charge in [-0.1, -0.05) is 51.1 Å². The molecule has 1 aromatic carbocycles. The number of nitrogens with zero attached hydrogens (tertiary/aromatic N) is 1. The van der Waals surface area contributed by atoms with Gasteiger partial charge in [0, 0.05) is 13.0 Å². The monoisotopic (exact) mass is 391 g/mol. The zero-order chi connectivity index (χ0) is 20.3. The molecule has 0 spiro atoms. The van der Waals surface area contributed by atoms with E-state index in [4.69, 9.17) is 9.16 Å². The Kier molecular flexibility index (Phi) is 6.66. The zero-order valence-electron chi connectivity index (χ0n) is 17.5. The van der Waals surface area contributed by atoms with E-state index in [2.05, 4.69) is 33.9 Å². The number of amides is 1. The third kappa shape index (κ3) is 5.06. The highest BCUT2D eigenvalue weighted by molar-refractivity contribution is 6.74. The molecule has 2 rings (SSSR count). The van der Waals surface area contributed by atoms with Crippen molar-refractivity contribution >= 4 is 20.5 Å². The second kappa shape index (κ2) is 8.25. The number of hydrogen-bond donors (Lipinski definition) is 0. The van der Waals surface area contributed by atoms with E-state index >= 15 is 0 Å². The number of carbonyl (C=O) groups is 2. The molecule has 0 bridgehead atoms. The first kappa shape index (κ1) is 21.8. The van der Waals surface area contributed by atoms with Gasteiger partial charge in [0.1, 0.15) is 6.29 Å². The van der Waals surface area contributed by atoms with Crippen molar-refractivity contribution in [2.45, 2.75) is 70.4 Å². The summed E-state index contributed by atoms with van der Waals surface area (Å²) in [6.07, 6.45) is 0.817. The third-order valence-electron chi connectivity index (χ3n) is 5.86. The van der Waals surface area contributed by atoms with E-state index in [9.17, 15) is 9.59 Å². The predicted molar refractivity (Wildman–Crippen MR) is 109 cm³/mol. The molecule has 1 saturated heterocycles. The Morgan fingerprint density at radius 2 is 1.93 bits per heavy atom. The van der Waals surface area contributed by atoms with Gasteiger partial charge in [-0.05, 0) is 30.6 Å². The molecular formula is C21H33NO4Si. The van der Waals surface area contributed by atoms with Gasteiger partial charge in [0.25, 0.3) is 5.91 Å². The minimum atomic E-state index is -1.93. The topological polar surface area (TPSA) is 55.8 Å². The van der Waals surface area contributed by atoms with Gasteiger partial charge in [0.05, 0.1) is 19.3 Å². The van der Waals surface area contributed by atoms with Gasteiger partial charge < -0.3 is 18.9 Å². The van der Waals surface area contributed by atoms with Crippen LogP contribution < -0.4 is 0 Å². The fraction of sp³-hybridized carbons (Fsp3) is 0.619. The van der Waals surface area contributed by atoms with Crippen LogP contribution in [0.3, 0.4) is 0 Å². The highest BCUT2D eigenvalue weighted by Crippen LogP contribution is 2.37. The molecule has 2 unspecified atom stereocenters. The number of hydrogen-bond acceptors (Lipinski definition) is 4. The highest BCUT2D eigenvalue weighted by Gasteiger charge is 2.46. The van der Waals surface area contributed by atoms with Crippen molar-refractivity contribution in [1.82, 2.24) is 4.90 Å². The smallest absolute Gasteiger partial charge is 0.255 e. The molecule has 0 saturated carbocycles. The number of morpholine rings is 1. The Hall–Kier alpha value is -1.50. The Morgan fingerprint density at radius 3 is 2.48 bits per heavy atom. The number of aldehydes is 1. The molecule has 0 aliphatic carbocycles. The molecule has 1 aliphatic rings. The fourth-order valence-corrected chi connectivity index (χ4v) is 3.89. The first-order valence-electron chi connectivity index (χ1n) is 9.57. The molecular weight excluding hydrogens is 358 g/mol. The summed E-state index contributed by atoms with van der Waals surface area (Å²) in [6, 6.07) is 9.74. The molecule has 27 heavy (non-hydrogen) atoms. The number of rotatable bonds is 7. The largest absolute Gasteiger partial charge is 0.415 e. The van der Waals surface area contributed by atoms with Crippen molar-refractivity contribution in [3.8, 4) is 0 Å². The average molecular weight is 392 g/mol. The molecule has 1 aromatic rings. The molecule has 2 atom stereocenters. The van der Waals surface area contributed by atoms with Crippen LogP contribution in [-0.2, 0) is 25.3 Å². The van der Waals surface area contributed by atoms with Crippen molar-refractivity contribution in [3.05, 3.63) is 35.9 Å². The van der Waals surface area contributed by atoms with Crippen LogP contribution in [0.2, 0.25) is 18.1 Å². The van der Waals surface area contributed by atoms with Crippen LogP contribution in [0.1, 0.15) is 39.7 Å². The van der Waals surface area contributed by atoms with Crippen LogP contribution in [-0.4, -0.2) is 50.3 Å². The summed E-state index contributed by atoms with van der Waals surface area (Å²) >= 11 is 0. The summed E-state index contributed by atoms with van der Waals surface area (Å²) in [5.41, 5.74) is -0.0391. The summed E-state index contributed by atoms with van der Waals surface area (Å²) in [5.74, 6) is -0.145. The molecule has 0 N–H and O–H groups in total.